The van der Waals surface area contributed by atoms with E-state index in [-0.39, 0.29) is 17.5 Å². The molecule has 3 N–H and O–H groups in total. The predicted octanol–water partition coefficient (Wildman–Crippen LogP) is 4.81. The summed E-state index contributed by atoms with van der Waals surface area (Å²) < 4.78 is 15.3. The number of fused-ring (bicyclic) bond motifs is 3. The molecule has 6 nitrogen and oxygen atoms in total. The molecule has 4 aromatic rings. The van der Waals surface area contributed by atoms with E-state index in [0.717, 1.165) is 16.6 Å². The van der Waals surface area contributed by atoms with E-state index in [0.29, 0.717) is 22.9 Å². The maximum absolute atomic E-state index is 13.4. The molecule has 0 unspecified atom stereocenters. The van der Waals surface area contributed by atoms with Gasteiger partial charge in [0.15, 0.2) is 0 Å². The summed E-state index contributed by atoms with van der Waals surface area (Å²) in [4.78, 5) is 18.1. The van der Waals surface area contributed by atoms with Crippen molar-refractivity contribution in [1.82, 2.24) is 9.55 Å². The zero-order chi connectivity index (χ0) is 21.5. The number of halogens is 1. The van der Waals surface area contributed by atoms with Crippen LogP contribution in [0.25, 0.3) is 11.0 Å². The Labute approximate surface area is 177 Å². The number of benzene rings is 3. The number of carbonyl (C=O) groups excluding carboxylic acids is 1. The van der Waals surface area contributed by atoms with E-state index in [9.17, 15) is 14.3 Å². The lowest BCUT2D eigenvalue weighted by atomic mass is 9.94. The first-order valence-electron chi connectivity index (χ1n) is 9.82. The Morgan fingerprint density at radius 2 is 1.77 bits per heavy atom. The molecule has 31 heavy (non-hydrogen) atoms. The van der Waals surface area contributed by atoms with E-state index in [1.54, 1.807) is 24.3 Å². The number of rotatable bonds is 3. The second kappa shape index (κ2) is 7.28. The molecule has 5 rings (SSSR count). The average molecular weight is 414 g/mol. The number of imidazole rings is 1. The second-order valence-corrected chi connectivity index (χ2v) is 7.41. The first kappa shape index (κ1) is 18.9. The molecule has 0 fully saturated rings. The fourth-order valence-corrected chi connectivity index (χ4v) is 3.96. The van der Waals surface area contributed by atoms with Gasteiger partial charge in [0.1, 0.15) is 11.6 Å². The smallest absolute Gasteiger partial charge is 0.255 e. The predicted molar refractivity (Wildman–Crippen MR) is 117 cm³/mol. The van der Waals surface area contributed by atoms with Crippen molar-refractivity contribution in [3.63, 3.8) is 0 Å². The van der Waals surface area contributed by atoms with Crippen LogP contribution in [0.3, 0.4) is 0 Å². The monoisotopic (exact) mass is 414 g/mol. The molecule has 0 bridgehead atoms. The highest BCUT2D eigenvalue weighted by molar-refractivity contribution is 6.06. The number of para-hydroxylation sites is 2. The number of allylic oxidation sites excluding steroid dienone is 1. The van der Waals surface area contributed by atoms with Gasteiger partial charge >= 0.3 is 0 Å². The Morgan fingerprint density at radius 1 is 1.06 bits per heavy atom. The Morgan fingerprint density at radius 3 is 2.52 bits per heavy atom. The van der Waals surface area contributed by atoms with E-state index in [1.807, 2.05) is 35.8 Å². The number of amides is 1. The lowest BCUT2D eigenvalue weighted by molar-refractivity contribution is -0.113. The van der Waals surface area contributed by atoms with Gasteiger partial charge in [0.25, 0.3) is 5.91 Å². The van der Waals surface area contributed by atoms with Crippen molar-refractivity contribution in [2.45, 2.75) is 13.0 Å². The topological polar surface area (TPSA) is 79.2 Å². The summed E-state index contributed by atoms with van der Waals surface area (Å²) in [7, 11) is 0. The molecule has 0 spiro atoms. The Bertz CT molecular complexity index is 1320. The molecule has 1 aromatic heterocycles. The Balaban J connectivity index is 1.65. The third-order valence-electron chi connectivity index (χ3n) is 5.39. The van der Waals surface area contributed by atoms with Crippen molar-refractivity contribution in [3.05, 3.63) is 95.4 Å². The van der Waals surface area contributed by atoms with Gasteiger partial charge in [-0.1, -0.05) is 24.3 Å². The van der Waals surface area contributed by atoms with Gasteiger partial charge in [-0.05, 0) is 61.0 Å². The van der Waals surface area contributed by atoms with Gasteiger partial charge in [0.2, 0.25) is 5.95 Å². The first-order chi connectivity index (χ1) is 15.0. The number of carbonyl (C=O) groups is 1. The minimum Gasteiger partial charge on any atom is -0.508 e. The standard InChI is InChI=1S/C24H19FN4O2/c1-14-21(23(31)27-17-10-8-16(25)9-11-17)22(15-6-12-18(30)13-7-15)29-20-5-3-2-4-19(20)28-24(29)26-14/h2-13,22,30H,1H3,(H,26,28)(H,27,31)/t22-/m0/s1. The van der Waals surface area contributed by atoms with Crippen LogP contribution in [-0.2, 0) is 4.79 Å². The second-order valence-electron chi connectivity index (χ2n) is 7.41. The average Bonchev–Trinajstić information content (AvgIpc) is 3.13. The number of aromatic nitrogens is 2. The van der Waals surface area contributed by atoms with Crippen LogP contribution in [0.5, 0.6) is 5.75 Å². The highest BCUT2D eigenvalue weighted by atomic mass is 19.1. The van der Waals surface area contributed by atoms with Crippen LogP contribution in [0.1, 0.15) is 18.5 Å². The highest BCUT2D eigenvalue weighted by Gasteiger charge is 2.34. The van der Waals surface area contributed by atoms with Gasteiger partial charge < -0.3 is 15.7 Å². The number of aromatic hydroxyl groups is 1. The van der Waals surface area contributed by atoms with Gasteiger partial charge in [-0.2, -0.15) is 0 Å². The van der Waals surface area contributed by atoms with Crippen molar-refractivity contribution in [3.8, 4) is 5.75 Å². The van der Waals surface area contributed by atoms with Crippen molar-refractivity contribution >= 4 is 28.6 Å². The number of anilines is 2. The zero-order valence-corrected chi connectivity index (χ0v) is 16.6. The van der Waals surface area contributed by atoms with E-state index >= 15 is 0 Å². The molecule has 1 atom stereocenters. The van der Waals surface area contributed by atoms with E-state index in [1.165, 1.54) is 24.3 Å². The summed E-state index contributed by atoms with van der Waals surface area (Å²) in [6.45, 7) is 1.83. The van der Waals surface area contributed by atoms with Crippen molar-refractivity contribution < 1.29 is 14.3 Å². The summed E-state index contributed by atoms with van der Waals surface area (Å²) in [6, 6.07) is 19.7. The van der Waals surface area contributed by atoms with E-state index in [2.05, 4.69) is 15.6 Å². The molecule has 1 aliphatic heterocycles. The molecule has 0 radical (unpaired) electrons. The third kappa shape index (κ3) is 3.30. The quantitative estimate of drug-likeness (QED) is 0.450. The molecule has 1 aliphatic rings. The van der Waals surface area contributed by atoms with Crippen LogP contribution in [0.2, 0.25) is 0 Å². The Kier molecular flexibility index (Phi) is 4.43. The molecule has 2 heterocycles. The number of hydrogen-bond donors (Lipinski definition) is 3. The molecule has 1 amide bonds. The number of phenols is 1. The van der Waals surface area contributed by atoms with Crippen LogP contribution in [-0.4, -0.2) is 20.6 Å². The van der Waals surface area contributed by atoms with Crippen LogP contribution < -0.4 is 10.6 Å². The van der Waals surface area contributed by atoms with Crippen LogP contribution in [0.15, 0.2) is 84.1 Å². The number of nitrogens with one attached hydrogen (secondary N) is 2. The number of hydrogen-bond acceptors (Lipinski definition) is 4. The molecule has 0 saturated carbocycles. The van der Waals surface area contributed by atoms with Crippen LogP contribution in [0.4, 0.5) is 16.0 Å². The number of phenolic OH excluding ortho intramolecular Hbond substituents is 1. The highest BCUT2D eigenvalue weighted by Crippen LogP contribution is 2.39. The molecular weight excluding hydrogens is 395 g/mol. The third-order valence-corrected chi connectivity index (χ3v) is 5.39. The largest absolute Gasteiger partial charge is 0.508 e. The van der Waals surface area contributed by atoms with Crippen LogP contribution >= 0.6 is 0 Å². The molecule has 7 heteroatoms. The summed E-state index contributed by atoms with van der Waals surface area (Å²) >= 11 is 0. The summed E-state index contributed by atoms with van der Waals surface area (Å²) in [5, 5.41) is 15.9. The molecule has 154 valence electrons. The molecular formula is C24H19FN4O2. The maximum atomic E-state index is 13.4. The van der Waals surface area contributed by atoms with Crippen molar-refractivity contribution in [2.75, 3.05) is 10.6 Å². The number of nitrogens with zero attached hydrogens (tertiary/aromatic N) is 2. The lowest BCUT2D eigenvalue weighted by Crippen LogP contribution is -2.30. The summed E-state index contributed by atoms with van der Waals surface area (Å²) in [5.41, 5.74) is 4.18. The van der Waals surface area contributed by atoms with Crippen LogP contribution in [0, 0.1) is 5.82 Å². The van der Waals surface area contributed by atoms with Crippen molar-refractivity contribution in [1.29, 1.82) is 0 Å². The van der Waals surface area contributed by atoms with E-state index in [4.69, 9.17) is 0 Å². The summed E-state index contributed by atoms with van der Waals surface area (Å²) in [5.74, 6) is 0.101. The van der Waals surface area contributed by atoms with Gasteiger partial charge in [-0.25, -0.2) is 9.37 Å². The SMILES string of the molecule is CC1=C(C(=O)Nc2ccc(F)cc2)[C@H](c2ccc(O)cc2)n2c(nc3ccccc32)N1. The fraction of sp³-hybridized carbons (Fsp3) is 0.0833. The van der Waals surface area contributed by atoms with Gasteiger partial charge in [0, 0.05) is 11.4 Å². The molecule has 3 aromatic carbocycles. The minimum atomic E-state index is -0.468. The Hall–Kier alpha value is -4.13. The molecule has 0 saturated heterocycles. The minimum absolute atomic E-state index is 0.145. The van der Waals surface area contributed by atoms with Gasteiger partial charge in [-0.15, -0.1) is 0 Å². The van der Waals surface area contributed by atoms with E-state index < -0.39 is 6.04 Å². The first-order valence-corrected chi connectivity index (χ1v) is 9.82. The summed E-state index contributed by atoms with van der Waals surface area (Å²) in [6.07, 6.45) is 0. The molecule has 0 aliphatic carbocycles. The van der Waals surface area contributed by atoms with Gasteiger partial charge in [0.05, 0.1) is 22.6 Å². The fourth-order valence-electron chi connectivity index (χ4n) is 3.96. The van der Waals surface area contributed by atoms with Gasteiger partial charge in [-0.3, -0.25) is 9.36 Å². The lowest BCUT2D eigenvalue weighted by Gasteiger charge is -2.30. The normalized spacial score (nSPS) is 15.5. The maximum Gasteiger partial charge on any atom is 0.255 e. The van der Waals surface area contributed by atoms with Crippen molar-refractivity contribution in [2.24, 2.45) is 0 Å². The zero-order valence-electron chi connectivity index (χ0n) is 16.6.